The Hall–Kier alpha value is -0.640. The maximum Gasteiger partial charge on any atom is 0.344 e. The average molecular weight is 284 g/mol. The highest BCUT2D eigenvalue weighted by Gasteiger charge is 2.05. The molecular weight excluding hydrogens is 274 g/mol. The quantitative estimate of drug-likeness (QED) is 0.615. The van der Waals surface area contributed by atoms with Gasteiger partial charge in [0.15, 0.2) is 6.61 Å². The average Bonchev–Trinajstić information content (AvgIpc) is 2.28. The summed E-state index contributed by atoms with van der Waals surface area (Å²) in [4.78, 5) is 11.1. The van der Waals surface area contributed by atoms with E-state index < -0.39 is 5.97 Å². The van der Waals surface area contributed by atoms with E-state index in [-0.39, 0.29) is 19.1 Å². The van der Waals surface area contributed by atoms with Gasteiger partial charge in [-0.3, -0.25) is 0 Å². The number of esters is 1. The van der Waals surface area contributed by atoms with Crippen molar-refractivity contribution in [3.05, 3.63) is 28.2 Å². The molecule has 0 aliphatic heterocycles. The zero-order valence-electron chi connectivity index (χ0n) is 8.21. The van der Waals surface area contributed by atoms with Crippen molar-refractivity contribution in [1.82, 2.24) is 0 Å². The summed E-state index contributed by atoms with van der Waals surface area (Å²) in [6.45, 7) is -0.0139. The Balaban J connectivity index is 2.42. The molecule has 1 aromatic rings. The van der Waals surface area contributed by atoms with Crippen LogP contribution in [0.5, 0.6) is 5.75 Å². The van der Waals surface area contributed by atoms with Gasteiger partial charge in [0.1, 0.15) is 12.4 Å². The molecule has 6 heteroatoms. The van der Waals surface area contributed by atoms with Crippen LogP contribution in [-0.2, 0) is 9.53 Å². The van der Waals surface area contributed by atoms with Crippen LogP contribution in [0.4, 0.5) is 0 Å². The van der Waals surface area contributed by atoms with Crippen LogP contribution >= 0.6 is 34.8 Å². The number of hydrogen-bond donors (Lipinski definition) is 0. The number of carbonyl (C=O) groups is 1. The van der Waals surface area contributed by atoms with E-state index in [1.54, 1.807) is 12.1 Å². The van der Waals surface area contributed by atoms with Gasteiger partial charge in [-0.2, -0.15) is 0 Å². The Morgan fingerprint density at radius 1 is 1.25 bits per heavy atom. The van der Waals surface area contributed by atoms with Crippen molar-refractivity contribution in [2.24, 2.45) is 0 Å². The van der Waals surface area contributed by atoms with Crippen LogP contribution < -0.4 is 4.74 Å². The van der Waals surface area contributed by atoms with Crippen molar-refractivity contribution >= 4 is 40.8 Å². The van der Waals surface area contributed by atoms with Gasteiger partial charge in [-0.05, 0) is 12.1 Å². The first-order valence-electron chi connectivity index (χ1n) is 4.43. The fourth-order valence-corrected chi connectivity index (χ4v) is 1.27. The SMILES string of the molecule is O=C(COc1ccc(Cl)c(Cl)c1)OCCCl. The van der Waals surface area contributed by atoms with Gasteiger partial charge in [0, 0.05) is 6.07 Å². The second-order valence-corrected chi connectivity index (χ2v) is 3.97. The fourth-order valence-electron chi connectivity index (χ4n) is 0.903. The molecule has 0 aliphatic carbocycles. The third-order valence-electron chi connectivity index (χ3n) is 1.59. The summed E-state index contributed by atoms with van der Waals surface area (Å²) in [5, 5.41) is 0.798. The Bertz CT molecular complexity index is 368. The van der Waals surface area contributed by atoms with Gasteiger partial charge in [0.05, 0.1) is 15.9 Å². The third kappa shape index (κ3) is 4.47. The van der Waals surface area contributed by atoms with Gasteiger partial charge in [-0.1, -0.05) is 23.2 Å². The lowest BCUT2D eigenvalue weighted by molar-refractivity contribution is -0.145. The molecular formula is C10H9Cl3O3. The summed E-state index contributed by atoms with van der Waals surface area (Å²) in [5.74, 6) is 0.238. The molecule has 0 saturated carbocycles. The first kappa shape index (κ1) is 13.4. The van der Waals surface area contributed by atoms with E-state index >= 15 is 0 Å². The molecule has 0 amide bonds. The maximum atomic E-state index is 11.1. The van der Waals surface area contributed by atoms with Crippen LogP contribution in [0.15, 0.2) is 18.2 Å². The molecule has 3 nitrogen and oxygen atoms in total. The van der Waals surface area contributed by atoms with E-state index in [0.717, 1.165) is 0 Å². The molecule has 0 atom stereocenters. The summed E-state index contributed by atoms with van der Waals surface area (Å²) < 4.78 is 9.85. The van der Waals surface area contributed by atoms with Crippen molar-refractivity contribution < 1.29 is 14.3 Å². The van der Waals surface area contributed by atoms with E-state index in [4.69, 9.17) is 44.3 Å². The molecule has 0 spiro atoms. The molecule has 88 valence electrons. The minimum absolute atomic E-state index is 0.172. The van der Waals surface area contributed by atoms with E-state index in [9.17, 15) is 4.79 Å². The number of rotatable bonds is 5. The Labute approximate surface area is 108 Å². The van der Waals surface area contributed by atoms with Crippen molar-refractivity contribution in [2.45, 2.75) is 0 Å². The van der Waals surface area contributed by atoms with Crippen molar-refractivity contribution in [1.29, 1.82) is 0 Å². The van der Waals surface area contributed by atoms with E-state index in [1.165, 1.54) is 6.07 Å². The smallest absolute Gasteiger partial charge is 0.344 e. The van der Waals surface area contributed by atoms with E-state index in [0.29, 0.717) is 15.8 Å². The van der Waals surface area contributed by atoms with Crippen LogP contribution in [0.2, 0.25) is 10.0 Å². The molecule has 0 fully saturated rings. The molecule has 0 N–H and O–H groups in total. The molecule has 1 aromatic carbocycles. The first-order valence-corrected chi connectivity index (χ1v) is 5.72. The third-order valence-corrected chi connectivity index (χ3v) is 2.48. The van der Waals surface area contributed by atoms with Gasteiger partial charge < -0.3 is 9.47 Å². The normalized spacial score (nSPS) is 9.94. The summed E-state index contributed by atoms with van der Waals surface area (Å²) in [5.41, 5.74) is 0. The van der Waals surface area contributed by atoms with Crippen LogP contribution in [-0.4, -0.2) is 25.1 Å². The molecule has 0 heterocycles. The lowest BCUT2D eigenvalue weighted by atomic mass is 10.3. The van der Waals surface area contributed by atoms with Crippen molar-refractivity contribution in [2.75, 3.05) is 19.1 Å². The van der Waals surface area contributed by atoms with Gasteiger partial charge in [-0.15, -0.1) is 11.6 Å². The highest BCUT2D eigenvalue weighted by atomic mass is 35.5. The van der Waals surface area contributed by atoms with Crippen molar-refractivity contribution in [3.63, 3.8) is 0 Å². The number of hydrogen-bond acceptors (Lipinski definition) is 3. The first-order chi connectivity index (χ1) is 7.63. The Kier molecular flexibility index (Phi) is 5.74. The summed E-state index contributed by atoms with van der Waals surface area (Å²) in [6, 6.07) is 4.73. The van der Waals surface area contributed by atoms with Gasteiger partial charge >= 0.3 is 5.97 Å². The molecule has 0 unspecified atom stereocenters. The second-order valence-electron chi connectivity index (χ2n) is 2.77. The number of alkyl halides is 1. The monoisotopic (exact) mass is 282 g/mol. The molecule has 0 aliphatic rings. The molecule has 0 saturated heterocycles. The minimum atomic E-state index is -0.480. The van der Waals surface area contributed by atoms with Crippen LogP contribution in [0.3, 0.4) is 0 Å². The summed E-state index contributed by atoms with van der Waals surface area (Å²) >= 11 is 16.8. The summed E-state index contributed by atoms with van der Waals surface area (Å²) in [6.07, 6.45) is 0. The van der Waals surface area contributed by atoms with Gasteiger partial charge in [0.2, 0.25) is 0 Å². The molecule has 0 bridgehead atoms. The number of carbonyl (C=O) groups excluding carboxylic acids is 1. The number of halogens is 3. The van der Waals surface area contributed by atoms with Crippen LogP contribution in [0, 0.1) is 0 Å². The predicted molar refractivity (Wildman–Crippen MR) is 63.6 cm³/mol. The molecule has 16 heavy (non-hydrogen) atoms. The zero-order chi connectivity index (χ0) is 12.0. The van der Waals surface area contributed by atoms with Gasteiger partial charge in [0.25, 0.3) is 0 Å². The predicted octanol–water partition coefficient (Wildman–Crippen LogP) is 3.15. The largest absolute Gasteiger partial charge is 0.482 e. The summed E-state index contributed by atoms with van der Waals surface area (Å²) in [7, 11) is 0. The fraction of sp³-hybridized carbons (Fsp3) is 0.300. The minimum Gasteiger partial charge on any atom is -0.482 e. The molecule has 0 aromatic heterocycles. The van der Waals surface area contributed by atoms with Crippen molar-refractivity contribution in [3.8, 4) is 5.75 Å². The molecule has 0 radical (unpaired) electrons. The second kappa shape index (κ2) is 6.84. The van der Waals surface area contributed by atoms with Gasteiger partial charge in [-0.25, -0.2) is 4.79 Å². The molecule has 1 rings (SSSR count). The Morgan fingerprint density at radius 3 is 2.62 bits per heavy atom. The standard InChI is InChI=1S/C10H9Cl3O3/c11-3-4-15-10(14)6-16-7-1-2-8(12)9(13)5-7/h1-2,5H,3-4,6H2. The van der Waals surface area contributed by atoms with Crippen LogP contribution in [0.1, 0.15) is 0 Å². The maximum absolute atomic E-state index is 11.1. The zero-order valence-corrected chi connectivity index (χ0v) is 10.5. The number of benzene rings is 1. The highest BCUT2D eigenvalue weighted by Crippen LogP contribution is 2.26. The number of ether oxygens (including phenoxy) is 2. The van der Waals surface area contributed by atoms with Crippen LogP contribution in [0.25, 0.3) is 0 Å². The van der Waals surface area contributed by atoms with E-state index in [1.807, 2.05) is 0 Å². The van der Waals surface area contributed by atoms with E-state index in [2.05, 4.69) is 0 Å². The lowest BCUT2D eigenvalue weighted by Gasteiger charge is -2.06. The highest BCUT2D eigenvalue weighted by molar-refractivity contribution is 6.42. The topological polar surface area (TPSA) is 35.5 Å². The Morgan fingerprint density at radius 2 is 2.00 bits per heavy atom. The lowest BCUT2D eigenvalue weighted by Crippen LogP contribution is -2.15.